The predicted molar refractivity (Wildman–Crippen MR) is 62.8 cm³/mol. The van der Waals surface area contributed by atoms with Crippen molar-refractivity contribution >= 4 is 0 Å². The van der Waals surface area contributed by atoms with Crippen molar-refractivity contribution in [1.82, 2.24) is 0 Å². The normalized spacial score (nSPS) is 11.8. The molecule has 0 N–H and O–H groups in total. The van der Waals surface area contributed by atoms with E-state index in [0.717, 1.165) is 5.56 Å². The second-order valence-electron chi connectivity index (χ2n) is 4.89. The minimum Gasteiger partial charge on any atom is -0.464 e. The fourth-order valence-electron chi connectivity index (χ4n) is 1.82. The van der Waals surface area contributed by atoms with Crippen LogP contribution in [0.4, 0.5) is 4.39 Å². The Morgan fingerprint density at radius 2 is 1.81 bits per heavy atom. The van der Waals surface area contributed by atoms with Gasteiger partial charge in [-0.2, -0.15) is 0 Å². The molecule has 2 heteroatoms. The summed E-state index contributed by atoms with van der Waals surface area (Å²) in [6.07, 6.45) is 1.56. The molecule has 2 aromatic rings. The molecule has 0 aliphatic carbocycles. The molecule has 0 radical (unpaired) electrons. The summed E-state index contributed by atoms with van der Waals surface area (Å²) in [6, 6.07) is 8.71. The SMILES string of the molecule is CC(C)(C)c1cccc(F)c1-c1ccco1. The van der Waals surface area contributed by atoms with E-state index in [1.54, 1.807) is 24.5 Å². The Morgan fingerprint density at radius 1 is 1.06 bits per heavy atom. The molecule has 0 spiro atoms. The number of furan rings is 1. The predicted octanol–water partition coefficient (Wildman–Crippen LogP) is 4.38. The largest absolute Gasteiger partial charge is 0.464 e. The van der Waals surface area contributed by atoms with E-state index in [1.165, 1.54) is 6.07 Å². The van der Waals surface area contributed by atoms with E-state index < -0.39 is 0 Å². The quantitative estimate of drug-likeness (QED) is 0.692. The molecular formula is C14H15FO. The van der Waals surface area contributed by atoms with Crippen LogP contribution in [0, 0.1) is 5.82 Å². The van der Waals surface area contributed by atoms with Gasteiger partial charge in [-0.15, -0.1) is 0 Å². The molecule has 0 aliphatic rings. The van der Waals surface area contributed by atoms with Gasteiger partial charge in [-0.1, -0.05) is 32.9 Å². The van der Waals surface area contributed by atoms with Crippen molar-refractivity contribution in [3.63, 3.8) is 0 Å². The summed E-state index contributed by atoms with van der Waals surface area (Å²) >= 11 is 0. The highest BCUT2D eigenvalue weighted by Gasteiger charge is 2.22. The smallest absolute Gasteiger partial charge is 0.137 e. The highest BCUT2D eigenvalue weighted by Crippen LogP contribution is 2.34. The van der Waals surface area contributed by atoms with Gasteiger partial charge in [0.05, 0.1) is 11.8 Å². The number of hydrogen-bond donors (Lipinski definition) is 0. The van der Waals surface area contributed by atoms with Crippen LogP contribution >= 0.6 is 0 Å². The third-order valence-corrected chi connectivity index (χ3v) is 2.59. The molecule has 0 atom stereocenters. The minimum absolute atomic E-state index is 0.107. The molecule has 1 heterocycles. The van der Waals surface area contributed by atoms with Gasteiger partial charge < -0.3 is 4.42 Å². The molecule has 1 nitrogen and oxygen atoms in total. The Balaban J connectivity index is 2.68. The van der Waals surface area contributed by atoms with Crippen LogP contribution < -0.4 is 0 Å². The van der Waals surface area contributed by atoms with Crippen molar-refractivity contribution in [1.29, 1.82) is 0 Å². The van der Waals surface area contributed by atoms with E-state index in [4.69, 9.17) is 4.42 Å². The van der Waals surface area contributed by atoms with Gasteiger partial charge in [-0.05, 0) is 29.2 Å². The van der Waals surface area contributed by atoms with Crippen molar-refractivity contribution in [3.8, 4) is 11.3 Å². The maximum absolute atomic E-state index is 13.9. The number of benzene rings is 1. The third kappa shape index (κ3) is 1.87. The lowest BCUT2D eigenvalue weighted by Gasteiger charge is -2.22. The van der Waals surface area contributed by atoms with Crippen molar-refractivity contribution in [2.45, 2.75) is 26.2 Å². The molecule has 2 rings (SSSR count). The Labute approximate surface area is 94.9 Å². The minimum atomic E-state index is -0.234. The van der Waals surface area contributed by atoms with Gasteiger partial charge in [0.2, 0.25) is 0 Å². The second-order valence-corrected chi connectivity index (χ2v) is 4.89. The van der Waals surface area contributed by atoms with E-state index in [2.05, 4.69) is 20.8 Å². The van der Waals surface area contributed by atoms with Crippen LogP contribution in [0.3, 0.4) is 0 Å². The number of hydrogen-bond acceptors (Lipinski definition) is 1. The average Bonchev–Trinajstić information content (AvgIpc) is 2.68. The summed E-state index contributed by atoms with van der Waals surface area (Å²) in [7, 11) is 0. The zero-order chi connectivity index (χ0) is 11.8. The standard InChI is InChI=1S/C14H15FO/c1-14(2,3)10-6-4-7-11(15)13(10)12-8-5-9-16-12/h4-9H,1-3H3. The van der Waals surface area contributed by atoms with E-state index in [9.17, 15) is 4.39 Å². The molecule has 84 valence electrons. The molecule has 0 unspecified atom stereocenters. The Kier molecular flexibility index (Phi) is 2.58. The molecule has 1 aromatic heterocycles. The number of rotatable bonds is 1. The van der Waals surface area contributed by atoms with Crippen molar-refractivity contribution in [3.05, 3.63) is 48.0 Å². The van der Waals surface area contributed by atoms with E-state index >= 15 is 0 Å². The highest BCUT2D eigenvalue weighted by molar-refractivity contribution is 5.64. The molecule has 0 saturated carbocycles. The zero-order valence-electron chi connectivity index (χ0n) is 9.75. The molecule has 1 aromatic carbocycles. The van der Waals surface area contributed by atoms with Crippen LogP contribution in [0.15, 0.2) is 41.0 Å². The van der Waals surface area contributed by atoms with Crippen LogP contribution in [0.5, 0.6) is 0 Å². The van der Waals surface area contributed by atoms with Gasteiger partial charge in [-0.25, -0.2) is 4.39 Å². The highest BCUT2D eigenvalue weighted by atomic mass is 19.1. The lowest BCUT2D eigenvalue weighted by molar-refractivity contribution is 0.548. The summed E-state index contributed by atoms with van der Waals surface area (Å²) in [5, 5.41) is 0. The first-order valence-corrected chi connectivity index (χ1v) is 5.33. The van der Waals surface area contributed by atoms with E-state index in [-0.39, 0.29) is 11.2 Å². The fraction of sp³-hybridized carbons (Fsp3) is 0.286. The molecule has 0 aliphatic heterocycles. The molecule has 16 heavy (non-hydrogen) atoms. The maximum atomic E-state index is 13.9. The van der Waals surface area contributed by atoms with Crippen molar-refractivity contribution < 1.29 is 8.81 Å². The second kappa shape index (κ2) is 3.78. The number of halogens is 1. The Hall–Kier alpha value is -1.57. The Morgan fingerprint density at radius 3 is 2.38 bits per heavy atom. The van der Waals surface area contributed by atoms with Gasteiger partial charge in [0.1, 0.15) is 11.6 Å². The Bertz CT molecular complexity index is 478. The third-order valence-electron chi connectivity index (χ3n) is 2.59. The first-order chi connectivity index (χ1) is 7.50. The molecule has 0 saturated heterocycles. The maximum Gasteiger partial charge on any atom is 0.137 e. The molecule has 0 amide bonds. The first-order valence-electron chi connectivity index (χ1n) is 5.33. The summed E-state index contributed by atoms with van der Waals surface area (Å²) < 4.78 is 19.2. The topological polar surface area (TPSA) is 13.1 Å². The lowest BCUT2D eigenvalue weighted by Crippen LogP contribution is -2.13. The summed E-state index contributed by atoms with van der Waals surface area (Å²) in [5.74, 6) is 0.352. The molecule has 0 fully saturated rings. The van der Waals surface area contributed by atoms with E-state index in [1.807, 2.05) is 6.07 Å². The molecule has 0 bridgehead atoms. The summed E-state index contributed by atoms with van der Waals surface area (Å²) in [5.41, 5.74) is 1.42. The van der Waals surface area contributed by atoms with Crippen molar-refractivity contribution in [2.75, 3.05) is 0 Å². The van der Waals surface area contributed by atoms with Crippen LogP contribution in [0.1, 0.15) is 26.3 Å². The van der Waals surface area contributed by atoms with Gasteiger partial charge in [0, 0.05) is 0 Å². The van der Waals surface area contributed by atoms with Crippen molar-refractivity contribution in [2.24, 2.45) is 0 Å². The summed E-state index contributed by atoms with van der Waals surface area (Å²) in [6.45, 7) is 6.19. The van der Waals surface area contributed by atoms with Gasteiger partial charge in [0.25, 0.3) is 0 Å². The van der Waals surface area contributed by atoms with E-state index in [0.29, 0.717) is 11.3 Å². The van der Waals surface area contributed by atoms with Gasteiger partial charge in [-0.3, -0.25) is 0 Å². The van der Waals surface area contributed by atoms with Crippen LogP contribution in [-0.2, 0) is 5.41 Å². The van der Waals surface area contributed by atoms with Crippen LogP contribution in [0.25, 0.3) is 11.3 Å². The van der Waals surface area contributed by atoms with Crippen LogP contribution in [-0.4, -0.2) is 0 Å². The fourth-order valence-corrected chi connectivity index (χ4v) is 1.82. The van der Waals surface area contributed by atoms with Crippen LogP contribution in [0.2, 0.25) is 0 Å². The van der Waals surface area contributed by atoms with Gasteiger partial charge >= 0.3 is 0 Å². The van der Waals surface area contributed by atoms with Gasteiger partial charge in [0.15, 0.2) is 0 Å². The summed E-state index contributed by atoms with van der Waals surface area (Å²) in [4.78, 5) is 0. The lowest BCUT2D eigenvalue weighted by atomic mass is 9.83. The zero-order valence-corrected chi connectivity index (χ0v) is 9.75. The average molecular weight is 218 g/mol. The molecular weight excluding hydrogens is 203 g/mol. The monoisotopic (exact) mass is 218 g/mol. The first kappa shape index (κ1) is 10.9.